The van der Waals surface area contributed by atoms with E-state index in [1.165, 1.54) is 0 Å². The molecule has 11 heavy (non-hydrogen) atoms. The lowest BCUT2D eigenvalue weighted by Gasteiger charge is -2.25. The topological polar surface area (TPSA) is 58.2 Å². The van der Waals surface area contributed by atoms with Gasteiger partial charge in [0.25, 0.3) is 0 Å². The molecule has 1 aliphatic rings. The molecule has 1 unspecified atom stereocenters. The van der Waals surface area contributed by atoms with E-state index in [0.29, 0.717) is 0 Å². The lowest BCUT2D eigenvalue weighted by atomic mass is 10.1. The van der Waals surface area contributed by atoms with Crippen molar-refractivity contribution in [3.8, 4) is 0 Å². The Labute approximate surface area is 69.3 Å². The minimum Gasteiger partial charge on any atom is -0.306 e. The number of hydrogen-bond acceptors (Lipinski definition) is 3. The van der Waals surface area contributed by atoms with Gasteiger partial charge in [-0.05, 0) is 13.0 Å². The predicted octanol–water partition coefficient (Wildman–Crippen LogP) is -0.770. The van der Waals surface area contributed by atoms with Crippen LogP contribution in [0.1, 0.15) is 6.42 Å². The lowest BCUT2D eigenvalue weighted by Crippen LogP contribution is -2.54. The van der Waals surface area contributed by atoms with Crippen LogP contribution >= 0.6 is 11.6 Å². The molecule has 1 heterocycles. The smallest absolute Gasteiger partial charge is 0.243 e. The van der Waals surface area contributed by atoms with Crippen LogP contribution in [0.3, 0.4) is 0 Å². The molecule has 0 aliphatic carbocycles. The van der Waals surface area contributed by atoms with Gasteiger partial charge in [0, 0.05) is 0 Å². The van der Waals surface area contributed by atoms with Crippen LogP contribution in [0, 0.1) is 0 Å². The molecule has 1 aliphatic heterocycles. The lowest BCUT2D eigenvalue weighted by molar-refractivity contribution is -0.131. The zero-order chi connectivity index (χ0) is 8.27. The second-order valence-electron chi connectivity index (χ2n) is 2.34. The number of carbonyl (C=O) groups is 2. The highest BCUT2D eigenvalue weighted by atomic mass is 35.5. The Morgan fingerprint density at radius 1 is 1.64 bits per heavy atom. The normalized spacial score (nSPS) is 22.1. The van der Waals surface area contributed by atoms with E-state index in [9.17, 15) is 9.59 Å². The number of nitrogens with one attached hydrogen (secondary N) is 2. The van der Waals surface area contributed by atoms with Gasteiger partial charge >= 0.3 is 0 Å². The minimum absolute atomic E-state index is 0.168. The Kier molecular flexibility index (Phi) is 2.84. The molecule has 0 aromatic carbocycles. The number of hydrogen-bond donors (Lipinski definition) is 2. The van der Waals surface area contributed by atoms with Crippen molar-refractivity contribution in [1.82, 2.24) is 10.6 Å². The predicted molar refractivity (Wildman–Crippen MR) is 40.3 cm³/mol. The van der Waals surface area contributed by atoms with Crippen molar-refractivity contribution in [2.75, 3.05) is 12.4 Å². The number of carbonyl (C=O) groups excluding carboxylic acids is 2. The zero-order valence-electron chi connectivity index (χ0n) is 5.89. The third-order valence-corrected chi connectivity index (χ3v) is 1.77. The van der Waals surface area contributed by atoms with Gasteiger partial charge in [-0.25, -0.2) is 0 Å². The maximum atomic E-state index is 10.9. The summed E-state index contributed by atoms with van der Waals surface area (Å²) in [5.41, 5.74) is 0. The largest absolute Gasteiger partial charge is 0.306 e. The van der Waals surface area contributed by atoms with Crippen molar-refractivity contribution in [3.05, 3.63) is 0 Å². The number of amides is 2. The highest BCUT2D eigenvalue weighted by Crippen LogP contribution is 2.00. The molecule has 62 valence electrons. The van der Waals surface area contributed by atoms with E-state index in [-0.39, 0.29) is 17.8 Å². The minimum atomic E-state index is -0.439. The SMILES string of the molecule is O=C(CCl)NC(=O)C1CCN1. The first-order valence-electron chi connectivity index (χ1n) is 3.37. The van der Waals surface area contributed by atoms with Crippen molar-refractivity contribution in [2.45, 2.75) is 12.5 Å². The average molecular weight is 177 g/mol. The Morgan fingerprint density at radius 3 is 2.64 bits per heavy atom. The van der Waals surface area contributed by atoms with E-state index in [4.69, 9.17) is 11.6 Å². The molecule has 5 heteroatoms. The first-order valence-corrected chi connectivity index (χ1v) is 3.90. The second kappa shape index (κ2) is 3.69. The van der Waals surface area contributed by atoms with Gasteiger partial charge in [-0.1, -0.05) is 0 Å². The third-order valence-electron chi connectivity index (χ3n) is 1.52. The maximum Gasteiger partial charge on any atom is 0.243 e. The monoisotopic (exact) mass is 176 g/mol. The fraction of sp³-hybridized carbons (Fsp3) is 0.667. The first-order chi connectivity index (χ1) is 5.24. The fourth-order valence-electron chi connectivity index (χ4n) is 0.770. The molecule has 2 amide bonds. The molecular weight excluding hydrogens is 168 g/mol. The first kappa shape index (κ1) is 8.49. The summed E-state index contributed by atoms with van der Waals surface area (Å²) in [7, 11) is 0. The van der Waals surface area contributed by atoms with E-state index in [0.717, 1.165) is 13.0 Å². The molecule has 0 spiro atoms. The van der Waals surface area contributed by atoms with Gasteiger partial charge < -0.3 is 5.32 Å². The molecule has 0 aromatic rings. The summed E-state index contributed by atoms with van der Waals surface area (Å²) in [5.74, 6) is -0.884. The van der Waals surface area contributed by atoms with Gasteiger partial charge in [-0.2, -0.15) is 0 Å². The van der Waals surface area contributed by atoms with E-state index < -0.39 is 5.91 Å². The second-order valence-corrected chi connectivity index (χ2v) is 2.61. The van der Waals surface area contributed by atoms with Crippen LogP contribution in [0.25, 0.3) is 0 Å². The van der Waals surface area contributed by atoms with Crippen LogP contribution in [0.2, 0.25) is 0 Å². The average Bonchev–Trinajstić information content (AvgIpc) is 1.83. The van der Waals surface area contributed by atoms with Crippen LogP contribution < -0.4 is 10.6 Å². The molecular formula is C6H9ClN2O2. The van der Waals surface area contributed by atoms with Gasteiger partial charge in [0.05, 0.1) is 6.04 Å². The molecule has 1 saturated heterocycles. The van der Waals surface area contributed by atoms with Crippen LogP contribution in [-0.4, -0.2) is 30.3 Å². The van der Waals surface area contributed by atoms with Crippen molar-refractivity contribution in [1.29, 1.82) is 0 Å². The fourth-order valence-corrected chi connectivity index (χ4v) is 0.837. The van der Waals surface area contributed by atoms with Crippen molar-refractivity contribution >= 4 is 23.4 Å². The molecule has 0 bridgehead atoms. The standard InChI is InChI=1S/C6H9ClN2O2/c7-3-5(10)9-6(11)4-1-2-8-4/h4,8H,1-3H2,(H,9,10,11). The molecule has 1 atom stereocenters. The number of halogens is 1. The van der Waals surface area contributed by atoms with Crippen LogP contribution in [0.5, 0.6) is 0 Å². The van der Waals surface area contributed by atoms with E-state index in [1.807, 2.05) is 0 Å². The van der Waals surface area contributed by atoms with Crippen LogP contribution in [0.4, 0.5) is 0 Å². The quantitative estimate of drug-likeness (QED) is 0.544. The number of rotatable bonds is 2. The van der Waals surface area contributed by atoms with Crippen molar-refractivity contribution in [2.24, 2.45) is 0 Å². The summed E-state index contributed by atoms with van der Waals surface area (Å²) in [6, 6.07) is -0.192. The summed E-state index contributed by atoms with van der Waals surface area (Å²) in [4.78, 5) is 21.5. The molecule has 4 nitrogen and oxygen atoms in total. The third kappa shape index (κ3) is 2.17. The highest BCUT2D eigenvalue weighted by molar-refractivity contribution is 6.28. The molecule has 0 saturated carbocycles. The zero-order valence-corrected chi connectivity index (χ0v) is 6.65. The summed E-state index contributed by atoms with van der Waals surface area (Å²) in [6.45, 7) is 0.840. The maximum absolute atomic E-state index is 10.9. The number of alkyl halides is 1. The van der Waals surface area contributed by atoms with Crippen LogP contribution in [-0.2, 0) is 9.59 Å². The van der Waals surface area contributed by atoms with Crippen molar-refractivity contribution in [3.63, 3.8) is 0 Å². The van der Waals surface area contributed by atoms with Gasteiger partial charge in [0.2, 0.25) is 11.8 Å². The summed E-state index contributed by atoms with van der Waals surface area (Å²) < 4.78 is 0. The molecule has 0 aromatic heterocycles. The Balaban J connectivity index is 2.25. The van der Waals surface area contributed by atoms with Gasteiger partial charge in [0.1, 0.15) is 5.88 Å². The Hall–Kier alpha value is -0.610. The van der Waals surface area contributed by atoms with E-state index in [1.54, 1.807) is 0 Å². The van der Waals surface area contributed by atoms with E-state index >= 15 is 0 Å². The molecule has 1 fully saturated rings. The van der Waals surface area contributed by atoms with Gasteiger partial charge in [-0.15, -0.1) is 11.6 Å². The summed E-state index contributed by atoms with van der Waals surface area (Å²) in [6.07, 6.45) is 0.793. The molecule has 1 rings (SSSR count). The Bertz CT molecular complexity index is 179. The van der Waals surface area contributed by atoms with E-state index in [2.05, 4.69) is 10.6 Å². The van der Waals surface area contributed by atoms with Crippen LogP contribution in [0.15, 0.2) is 0 Å². The highest BCUT2D eigenvalue weighted by Gasteiger charge is 2.25. The summed E-state index contributed by atoms with van der Waals surface area (Å²) >= 11 is 5.18. The van der Waals surface area contributed by atoms with Crippen molar-refractivity contribution < 1.29 is 9.59 Å². The van der Waals surface area contributed by atoms with Gasteiger partial charge in [-0.3, -0.25) is 14.9 Å². The van der Waals surface area contributed by atoms with Gasteiger partial charge in [0.15, 0.2) is 0 Å². The summed E-state index contributed by atoms with van der Waals surface area (Å²) in [5, 5.41) is 5.03. The molecule has 0 radical (unpaired) electrons. The molecule has 2 N–H and O–H groups in total. The number of imide groups is 1. The Morgan fingerprint density at radius 2 is 2.27 bits per heavy atom.